The van der Waals surface area contributed by atoms with Crippen molar-refractivity contribution in [1.29, 1.82) is 0 Å². The van der Waals surface area contributed by atoms with Gasteiger partial charge in [0, 0.05) is 6.07 Å². The first kappa shape index (κ1) is 19.2. The van der Waals surface area contributed by atoms with Crippen LogP contribution in [0.25, 0.3) is 22.4 Å². The summed E-state index contributed by atoms with van der Waals surface area (Å²) in [6.45, 7) is 3.44. The molecule has 2 N–H and O–H groups in total. The minimum atomic E-state index is -0.708. The van der Waals surface area contributed by atoms with Gasteiger partial charge in [-0.05, 0) is 19.9 Å². The number of carbonyl (C=O) groups is 1. The number of aliphatic hydroxyl groups excluding tert-OH is 1. The minimum Gasteiger partial charge on any atom is -0.476 e. The van der Waals surface area contributed by atoms with Crippen LogP contribution in [0.4, 0.5) is 5.69 Å². The molecule has 0 spiro atoms. The second-order valence-electron chi connectivity index (χ2n) is 5.56. The number of aromatic amines is 1. The molecule has 3 aromatic rings. The summed E-state index contributed by atoms with van der Waals surface area (Å²) in [5.74, 6) is -0.581. The number of carbonyl (C=O) groups excluding carboxylic acids is 1. The maximum absolute atomic E-state index is 12.2. The van der Waals surface area contributed by atoms with Gasteiger partial charge in [0.2, 0.25) is 11.6 Å². The number of hydrogen-bond donors (Lipinski definition) is 2. The molecule has 0 atom stereocenters. The van der Waals surface area contributed by atoms with Gasteiger partial charge >= 0.3 is 5.97 Å². The van der Waals surface area contributed by atoms with Crippen molar-refractivity contribution in [3.05, 3.63) is 39.8 Å². The Labute approximate surface area is 158 Å². The van der Waals surface area contributed by atoms with Gasteiger partial charge in [-0.3, -0.25) is 10.1 Å². The van der Waals surface area contributed by atoms with Gasteiger partial charge in [-0.25, -0.2) is 19.7 Å². The molecule has 0 amide bonds. The van der Waals surface area contributed by atoms with Crippen LogP contribution in [0, 0.1) is 10.1 Å². The SMILES string of the molecule is CCOC(=O)c1nc2cc(-c3ncc(CO)[nH]3)c([N+](=O)[O-])cc2nc1OCC. The molecule has 11 nitrogen and oxygen atoms in total. The molecule has 0 saturated heterocycles. The third-order valence-electron chi connectivity index (χ3n) is 3.75. The zero-order valence-corrected chi connectivity index (χ0v) is 15.1. The first-order chi connectivity index (χ1) is 13.5. The van der Waals surface area contributed by atoms with Gasteiger partial charge in [-0.15, -0.1) is 0 Å². The first-order valence-electron chi connectivity index (χ1n) is 8.43. The van der Waals surface area contributed by atoms with E-state index in [-0.39, 0.29) is 59.5 Å². The molecule has 0 fully saturated rings. The smallest absolute Gasteiger partial charge is 0.362 e. The van der Waals surface area contributed by atoms with Gasteiger partial charge in [0.15, 0.2) is 0 Å². The lowest BCUT2D eigenvalue weighted by molar-refractivity contribution is -0.384. The van der Waals surface area contributed by atoms with Crippen LogP contribution in [-0.2, 0) is 11.3 Å². The number of nitrogens with zero attached hydrogens (tertiary/aromatic N) is 4. The number of imidazole rings is 1. The first-order valence-corrected chi connectivity index (χ1v) is 8.43. The van der Waals surface area contributed by atoms with Crippen LogP contribution in [-0.4, -0.2) is 49.1 Å². The lowest BCUT2D eigenvalue weighted by Crippen LogP contribution is -2.12. The average molecular weight is 387 g/mol. The maximum atomic E-state index is 12.2. The number of rotatable bonds is 7. The van der Waals surface area contributed by atoms with Crippen LogP contribution in [0.2, 0.25) is 0 Å². The highest BCUT2D eigenvalue weighted by molar-refractivity contribution is 5.94. The minimum absolute atomic E-state index is 0.0592. The van der Waals surface area contributed by atoms with Crippen molar-refractivity contribution < 1.29 is 24.3 Å². The molecule has 11 heteroatoms. The van der Waals surface area contributed by atoms with Crippen LogP contribution >= 0.6 is 0 Å². The van der Waals surface area contributed by atoms with Gasteiger partial charge in [0.1, 0.15) is 5.82 Å². The fourth-order valence-electron chi connectivity index (χ4n) is 2.56. The van der Waals surface area contributed by atoms with E-state index in [9.17, 15) is 20.0 Å². The number of hydrogen-bond acceptors (Lipinski definition) is 9. The molecular weight excluding hydrogens is 370 g/mol. The summed E-state index contributed by atoms with van der Waals surface area (Å²) in [5.41, 5.74) is 0.577. The molecule has 0 aliphatic carbocycles. The third kappa shape index (κ3) is 3.60. The fourth-order valence-corrected chi connectivity index (χ4v) is 2.56. The summed E-state index contributed by atoms with van der Waals surface area (Å²) in [7, 11) is 0. The molecule has 28 heavy (non-hydrogen) atoms. The van der Waals surface area contributed by atoms with E-state index in [2.05, 4.69) is 19.9 Å². The van der Waals surface area contributed by atoms with Crippen LogP contribution < -0.4 is 4.74 Å². The number of esters is 1. The summed E-state index contributed by atoms with van der Waals surface area (Å²) >= 11 is 0. The van der Waals surface area contributed by atoms with Crippen molar-refractivity contribution in [3.8, 4) is 17.3 Å². The van der Waals surface area contributed by atoms with E-state index >= 15 is 0 Å². The van der Waals surface area contributed by atoms with E-state index in [0.717, 1.165) is 0 Å². The number of fused-ring (bicyclic) bond motifs is 1. The summed E-state index contributed by atoms with van der Waals surface area (Å²) < 4.78 is 10.3. The number of nitrogens with one attached hydrogen (secondary N) is 1. The molecule has 146 valence electrons. The number of aromatic nitrogens is 4. The Morgan fingerprint density at radius 2 is 2.00 bits per heavy atom. The molecule has 1 aromatic carbocycles. The second kappa shape index (κ2) is 7.96. The number of H-pyrrole nitrogens is 1. The Balaban J connectivity index is 2.24. The Morgan fingerprint density at radius 3 is 2.61 bits per heavy atom. The largest absolute Gasteiger partial charge is 0.476 e. The van der Waals surface area contributed by atoms with Gasteiger partial charge in [0.25, 0.3) is 5.69 Å². The Hall–Kier alpha value is -3.60. The highest BCUT2D eigenvalue weighted by Crippen LogP contribution is 2.32. The second-order valence-corrected chi connectivity index (χ2v) is 5.56. The highest BCUT2D eigenvalue weighted by atomic mass is 16.6. The predicted molar refractivity (Wildman–Crippen MR) is 96.8 cm³/mol. The average Bonchev–Trinajstić information content (AvgIpc) is 3.16. The van der Waals surface area contributed by atoms with Gasteiger partial charge in [-0.2, -0.15) is 0 Å². The van der Waals surface area contributed by atoms with Crippen molar-refractivity contribution in [2.75, 3.05) is 13.2 Å². The van der Waals surface area contributed by atoms with Crippen LogP contribution in [0.15, 0.2) is 18.3 Å². The maximum Gasteiger partial charge on any atom is 0.362 e. The third-order valence-corrected chi connectivity index (χ3v) is 3.75. The van der Waals surface area contributed by atoms with E-state index in [4.69, 9.17) is 9.47 Å². The monoisotopic (exact) mass is 387 g/mol. The molecular formula is C17H17N5O6. The summed E-state index contributed by atoms with van der Waals surface area (Å²) in [4.78, 5) is 38.5. The molecule has 0 saturated carbocycles. The number of benzene rings is 1. The lowest BCUT2D eigenvalue weighted by atomic mass is 10.1. The van der Waals surface area contributed by atoms with Crippen LogP contribution in [0.1, 0.15) is 30.0 Å². The Kier molecular flexibility index (Phi) is 5.45. The number of nitro benzene ring substituents is 1. The van der Waals surface area contributed by atoms with E-state index in [1.165, 1.54) is 18.3 Å². The lowest BCUT2D eigenvalue weighted by Gasteiger charge is -2.10. The van der Waals surface area contributed by atoms with Crippen molar-refractivity contribution in [2.45, 2.75) is 20.5 Å². The summed E-state index contributed by atoms with van der Waals surface area (Å²) in [6.07, 6.45) is 1.37. The molecule has 3 rings (SSSR count). The molecule has 2 aromatic heterocycles. The molecule has 2 heterocycles. The number of ether oxygens (including phenoxy) is 2. The number of nitro groups is 1. The normalized spacial score (nSPS) is 10.8. The van der Waals surface area contributed by atoms with Gasteiger partial charge in [-0.1, -0.05) is 0 Å². The van der Waals surface area contributed by atoms with Crippen LogP contribution in [0.3, 0.4) is 0 Å². The highest BCUT2D eigenvalue weighted by Gasteiger charge is 2.24. The molecule has 0 aliphatic heterocycles. The molecule has 0 bridgehead atoms. The zero-order valence-electron chi connectivity index (χ0n) is 15.1. The van der Waals surface area contributed by atoms with Crippen molar-refractivity contribution in [3.63, 3.8) is 0 Å². The van der Waals surface area contributed by atoms with Crippen molar-refractivity contribution >= 4 is 22.7 Å². The zero-order chi connectivity index (χ0) is 20.3. The summed E-state index contributed by atoms with van der Waals surface area (Å²) in [5, 5.41) is 20.7. The van der Waals surface area contributed by atoms with E-state index in [1.54, 1.807) is 13.8 Å². The van der Waals surface area contributed by atoms with E-state index in [1.807, 2.05) is 0 Å². The van der Waals surface area contributed by atoms with E-state index in [0.29, 0.717) is 5.69 Å². The summed E-state index contributed by atoms with van der Waals surface area (Å²) in [6, 6.07) is 2.63. The predicted octanol–water partition coefficient (Wildman–Crippen LogP) is 2.00. The van der Waals surface area contributed by atoms with Gasteiger partial charge < -0.3 is 19.6 Å². The molecule has 0 aliphatic rings. The quantitative estimate of drug-likeness (QED) is 0.352. The van der Waals surface area contributed by atoms with Crippen molar-refractivity contribution in [2.24, 2.45) is 0 Å². The molecule has 0 unspecified atom stereocenters. The Bertz CT molecular complexity index is 1050. The number of aliphatic hydroxyl groups is 1. The van der Waals surface area contributed by atoms with E-state index < -0.39 is 10.9 Å². The molecule has 0 radical (unpaired) electrons. The van der Waals surface area contributed by atoms with Crippen molar-refractivity contribution in [1.82, 2.24) is 19.9 Å². The standard InChI is InChI=1S/C17H17N5O6/c1-3-27-16-14(17(24)28-4-2)20-11-5-10(15-18-7-9(8-23)19-15)13(22(25)26)6-12(11)21-16/h5-7,23H,3-4,8H2,1-2H3,(H,18,19). The van der Waals surface area contributed by atoms with Crippen LogP contribution in [0.5, 0.6) is 5.88 Å². The van der Waals surface area contributed by atoms with Gasteiger partial charge in [0.05, 0.1) is 53.2 Å². The topological polar surface area (TPSA) is 153 Å². The Morgan fingerprint density at radius 1 is 1.25 bits per heavy atom. The fraction of sp³-hybridized carbons (Fsp3) is 0.294.